The zero-order valence-corrected chi connectivity index (χ0v) is 14.1. The largest absolute Gasteiger partial charge is 0.352 e. The van der Waals surface area contributed by atoms with Gasteiger partial charge in [-0.15, -0.1) is 0 Å². The molecule has 1 rings (SSSR count). The van der Waals surface area contributed by atoms with Crippen LogP contribution in [0.1, 0.15) is 53.0 Å². The van der Waals surface area contributed by atoms with Crippen LogP contribution in [-0.4, -0.2) is 23.5 Å². The van der Waals surface area contributed by atoms with Crippen LogP contribution in [0.25, 0.3) is 0 Å². The van der Waals surface area contributed by atoms with Crippen molar-refractivity contribution in [3.63, 3.8) is 0 Å². The van der Waals surface area contributed by atoms with Crippen molar-refractivity contribution >= 4 is 5.91 Å². The fraction of sp³-hybridized carbons (Fsp3) is 0.611. The van der Waals surface area contributed by atoms with Gasteiger partial charge in [0.05, 0.1) is 6.04 Å². The van der Waals surface area contributed by atoms with Crippen molar-refractivity contribution in [2.24, 2.45) is 0 Å². The smallest absolute Gasteiger partial charge is 0.237 e. The molecule has 0 aliphatic carbocycles. The second-order valence-electron chi connectivity index (χ2n) is 6.55. The lowest BCUT2D eigenvalue weighted by Gasteiger charge is -2.30. The molecule has 2 N–H and O–H groups in total. The molecule has 1 amide bonds. The molecular weight excluding hydrogens is 260 g/mol. The topological polar surface area (TPSA) is 41.1 Å². The maximum absolute atomic E-state index is 12.1. The number of benzene rings is 1. The third-order valence-corrected chi connectivity index (χ3v) is 3.88. The number of carbonyl (C=O) groups is 1. The zero-order valence-electron chi connectivity index (χ0n) is 14.1. The van der Waals surface area contributed by atoms with E-state index in [9.17, 15) is 4.79 Å². The zero-order chi connectivity index (χ0) is 15.9. The van der Waals surface area contributed by atoms with Crippen LogP contribution >= 0.6 is 0 Å². The third kappa shape index (κ3) is 6.76. The van der Waals surface area contributed by atoms with E-state index in [0.29, 0.717) is 0 Å². The first-order valence-electron chi connectivity index (χ1n) is 7.96. The fourth-order valence-electron chi connectivity index (χ4n) is 2.30. The van der Waals surface area contributed by atoms with Gasteiger partial charge >= 0.3 is 0 Å². The SMILES string of the molecule is CCC(C)NC(=O)C(C)NC(C)(C)CCc1ccccc1. The number of rotatable bonds is 8. The van der Waals surface area contributed by atoms with Crippen molar-refractivity contribution in [1.29, 1.82) is 0 Å². The Bertz CT molecular complexity index is 428. The van der Waals surface area contributed by atoms with Gasteiger partial charge in [-0.3, -0.25) is 4.79 Å². The summed E-state index contributed by atoms with van der Waals surface area (Å²) in [5.41, 5.74) is 1.27. The lowest BCUT2D eigenvalue weighted by molar-refractivity contribution is -0.123. The Morgan fingerprint density at radius 1 is 1.19 bits per heavy atom. The number of amides is 1. The van der Waals surface area contributed by atoms with Crippen molar-refractivity contribution in [2.75, 3.05) is 0 Å². The van der Waals surface area contributed by atoms with E-state index in [4.69, 9.17) is 0 Å². The van der Waals surface area contributed by atoms with Crippen LogP contribution in [0.5, 0.6) is 0 Å². The quantitative estimate of drug-likeness (QED) is 0.771. The summed E-state index contributed by atoms with van der Waals surface area (Å²) in [5.74, 6) is 0.0807. The minimum Gasteiger partial charge on any atom is -0.352 e. The van der Waals surface area contributed by atoms with E-state index >= 15 is 0 Å². The first-order chi connectivity index (χ1) is 9.84. The van der Waals surface area contributed by atoms with E-state index in [1.807, 2.05) is 19.9 Å². The molecule has 0 fully saturated rings. The van der Waals surface area contributed by atoms with Crippen molar-refractivity contribution in [3.8, 4) is 0 Å². The molecule has 0 bridgehead atoms. The number of hydrogen-bond donors (Lipinski definition) is 2. The second kappa shape index (κ2) is 8.18. The van der Waals surface area contributed by atoms with E-state index in [-0.39, 0.29) is 23.5 Å². The molecule has 118 valence electrons. The van der Waals surface area contributed by atoms with Crippen molar-refractivity contribution in [3.05, 3.63) is 35.9 Å². The van der Waals surface area contributed by atoms with Gasteiger partial charge in [0.1, 0.15) is 0 Å². The summed E-state index contributed by atoms with van der Waals surface area (Å²) in [7, 11) is 0. The molecule has 2 unspecified atom stereocenters. The molecule has 2 atom stereocenters. The number of carbonyl (C=O) groups excluding carboxylic acids is 1. The molecule has 0 saturated heterocycles. The summed E-state index contributed by atoms with van der Waals surface area (Å²) in [6, 6.07) is 10.5. The summed E-state index contributed by atoms with van der Waals surface area (Å²) < 4.78 is 0. The van der Waals surface area contributed by atoms with Crippen molar-refractivity contribution in [2.45, 2.75) is 71.5 Å². The van der Waals surface area contributed by atoms with Gasteiger partial charge in [0.15, 0.2) is 0 Å². The summed E-state index contributed by atoms with van der Waals surface area (Å²) in [5, 5.41) is 6.47. The van der Waals surface area contributed by atoms with Crippen LogP contribution in [0.2, 0.25) is 0 Å². The lowest BCUT2D eigenvalue weighted by atomic mass is 9.94. The first-order valence-corrected chi connectivity index (χ1v) is 7.96. The molecule has 0 aliphatic rings. The minimum absolute atomic E-state index is 0.0674. The monoisotopic (exact) mass is 290 g/mol. The molecule has 1 aromatic carbocycles. The highest BCUT2D eigenvalue weighted by Gasteiger charge is 2.24. The average Bonchev–Trinajstić information content (AvgIpc) is 2.45. The Morgan fingerprint density at radius 2 is 1.81 bits per heavy atom. The van der Waals surface area contributed by atoms with Gasteiger partial charge in [-0.05, 0) is 52.5 Å². The van der Waals surface area contributed by atoms with E-state index in [2.05, 4.69) is 55.7 Å². The van der Waals surface area contributed by atoms with Crippen LogP contribution in [0.3, 0.4) is 0 Å². The Labute approximate surface area is 129 Å². The molecular formula is C18H30N2O. The van der Waals surface area contributed by atoms with E-state index in [1.54, 1.807) is 0 Å². The summed E-state index contributed by atoms with van der Waals surface area (Å²) in [4.78, 5) is 12.1. The van der Waals surface area contributed by atoms with Crippen LogP contribution < -0.4 is 10.6 Å². The molecule has 0 aromatic heterocycles. The van der Waals surface area contributed by atoms with Gasteiger partial charge in [-0.25, -0.2) is 0 Å². The molecule has 0 saturated carbocycles. The number of aryl methyl sites for hydroxylation is 1. The van der Waals surface area contributed by atoms with Crippen LogP contribution in [0.15, 0.2) is 30.3 Å². The summed E-state index contributed by atoms with van der Waals surface area (Å²) in [6.45, 7) is 10.4. The van der Waals surface area contributed by atoms with Crippen molar-refractivity contribution < 1.29 is 4.79 Å². The average molecular weight is 290 g/mol. The molecule has 0 spiro atoms. The maximum atomic E-state index is 12.1. The minimum atomic E-state index is -0.176. The van der Waals surface area contributed by atoms with Crippen LogP contribution in [0.4, 0.5) is 0 Å². The molecule has 21 heavy (non-hydrogen) atoms. The molecule has 0 radical (unpaired) electrons. The van der Waals surface area contributed by atoms with Gasteiger partial charge in [-0.2, -0.15) is 0 Å². The molecule has 3 heteroatoms. The Kier molecular flexibility index (Phi) is 6.90. The highest BCUT2D eigenvalue weighted by Crippen LogP contribution is 2.14. The number of hydrogen-bond acceptors (Lipinski definition) is 2. The molecule has 0 aliphatic heterocycles. The highest BCUT2D eigenvalue weighted by molar-refractivity contribution is 5.81. The third-order valence-electron chi connectivity index (χ3n) is 3.88. The molecule has 3 nitrogen and oxygen atoms in total. The van der Waals surface area contributed by atoms with E-state index in [1.165, 1.54) is 5.56 Å². The summed E-state index contributed by atoms with van der Waals surface area (Å²) >= 11 is 0. The normalized spacial score (nSPS) is 14.5. The van der Waals surface area contributed by atoms with Gasteiger partial charge in [0, 0.05) is 11.6 Å². The second-order valence-corrected chi connectivity index (χ2v) is 6.55. The number of nitrogens with one attached hydrogen (secondary N) is 2. The van der Waals surface area contributed by atoms with Gasteiger partial charge < -0.3 is 10.6 Å². The lowest BCUT2D eigenvalue weighted by Crippen LogP contribution is -2.52. The standard InChI is InChI=1S/C18H30N2O/c1-6-14(2)19-17(21)15(3)20-18(4,5)13-12-16-10-8-7-9-11-16/h7-11,14-15,20H,6,12-13H2,1-5H3,(H,19,21). The predicted octanol–water partition coefficient (Wildman–Crippen LogP) is 3.29. The Hall–Kier alpha value is -1.35. The van der Waals surface area contributed by atoms with Crippen LogP contribution in [-0.2, 0) is 11.2 Å². The van der Waals surface area contributed by atoms with Crippen molar-refractivity contribution in [1.82, 2.24) is 10.6 Å². The fourth-order valence-corrected chi connectivity index (χ4v) is 2.30. The van der Waals surface area contributed by atoms with Crippen LogP contribution in [0, 0.1) is 0 Å². The summed E-state index contributed by atoms with van der Waals surface area (Å²) in [6.07, 6.45) is 2.97. The van der Waals surface area contributed by atoms with E-state index < -0.39 is 0 Å². The first kappa shape index (κ1) is 17.7. The molecule has 1 aromatic rings. The van der Waals surface area contributed by atoms with E-state index in [0.717, 1.165) is 19.3 Å². The van der Waals surface area contributed by atoms with Gasteiger partial charge in [-0.1, -0.05) is 37.3 Å². The van der Waals surface area contributed by atoms with Gasteiger partial charge in [0.25, 0.3) is 0 Å². The Morgan fingerprint density at radius 3 is 2.38 bits per heavy atom. The molecule has 0 heterocycles. The Balaban J connectivity index is 2.45. The highest BCUT2D eigenvalue weighted by atomic mass is 16.2. The van der Waals surface area contributed by atoms with Gasteiger partial charge in [0.2, 0.25) is 5.91 Å². The predicted molar refractivity (Wildman–Crippen MR) is 89.3 cm³/mol. The maximum Gasteiger partial charge on any atom is 0.237 e.